The van der Waals surface area contributed by atoms with Crippen LogP contribution in [0.2, 0.25) is 0 Å². The Hall–Kier alpha value is -2.64. The van der Waals surface area contributed by atoms with Gasteiger partial charge in [0.25, 0.3) is 0 Å². The second kappa shape index (κ2) is 11.0. The Balaban J connectivity index is 2.46. The molecule has 3 atom stereocenters. The summed E-state index contributed by atoms with van der Waals surface area (Å²) in [6.45, 7) is 10.1. The molecule has 2 heterocycles. The number of nitrogens with two attached hydrogens (primary N) is 1. The fourth-order valence-corrected chi connectivity index (χ4v) is 3.84. The largest absolute Gasteiger partial charge is 0.483 e. The van der Waals surface area contributed by atoms with Crippen molar-refractivity contribution in [2.45, 2.75) is 72.7 Å². The number of hydrogen-bond acceptors (Lipinski definition) is 12. The number of nitrogen functional groups attached to an aromatic ring is 1. The predicted octanol–water partition coefficient (Wildman–Crippen LogP) is 2.36. The second-order valence-corrected chi connectivity index (χ2v) is 12.5. The summed E-state index contributed by atoms with van der Waals surface area (Å²) in [6, 6.07) is -0.728. The molecule has 0 saturated heterocycles. The second-order valence-electron chi connectivity index (χ2n) is 10.5. The number of esters is 2. The van der Waals surface area contributed by atoms with Crippen molar-refractivity contribution in [1.82, 2.24) is 19.5 Å². The fourth-order valence-electron chi connectivity index (χ4n) is 2.96. The lowest BCUT2D eigenvalue weighted by molar-refractivity contribution is -0.311. The van der Waals surface area contributed by atoms with Crippen molar-refractivity contribution >= 4 is 36.5 Å². The fraction of sp³-hybridized carbons (Fsp3) is 0.682. The Kier molecular flexibility index (Phi) is 9.09. The minimum Gasteiger partial charge on any atom is -0.391 e. The van der Waals surface area contributed by atoms with Crippen LogP contribution < -0.4 is 5.73 Å². The number of anilines is 1. The zero-order valence-corrected chi connectivity index (χ0v) is 23.2. The number of fused-ring (bicyclic) bond motifs is 1. The molecule has 0 amide bonds. The van der Waals surface area contributed by atoms with Gasteiger partial charge in [-0.2, -0.15) is 0 Å². The summed E-state index contributed by atoms with van der Waals surface area (Å²) in [4.78, 5) is 48.4. The lowest BCUT2D eigenvalue weighted by Gasteiger charge is -2.36. The van der Waals surface area contributed by atoms with Crippen LogP contribution in [-0.4, -0.2) is 67.0 Å². The first-order valence-electron chi connectivity index (χ1n) is 11.5. The first kappa shape index (κ1) is 30.6. The van der Waals surface area contributed by atoms with Crippen LogP contribution in [0, 0.1) is 10.8 Å². The Morgan fingerprint density at radius 2 is 1.62 bits per heavy atom. The average molecular weight is 546 g/mol. The third-order valence-electron chi connectivity index (χ3n) is 5.26. The smallest absolute Gasteiger partial charge is 0.391 e. The van der Waals surface area contributed by atoms with E-state index in [9.17, 15) is 24.2 Å². The van der Waals surface area contributed by atoms with Crippen LogP contribution in [0.1, 0.15) is 60.9 Å². The summed E-state index contributed by atoms with van der Waals surface area (Å²) >= 11 is 0. The van der Waals surface area contributed by atoms with Gasteiger partial charge in [-0.05, 0) is 54.9 Å². The molecule has 0 aliphatic carbocycles. The number of nitrogens with zero attached hydrogens (tertiary/aromatic N) is 4. The van der Waals surface area contributed by atoms with Gasteiger partial charge in [-0.3, -0.25) is 14.3 Å². The van der Waals surface area contributed by atoms with Crippen LogP contribution in [0.15, 0.2) is 12.7 Å². The van der Waals surface area contributed by atoms with Gasteiger partial charge < -0.3 is 34.3 Å². The van der Waals surface area contributed by atoms with E-state index in [0.29, 0.717) is 11.2 Å². The van der Waals surface area contributed by atoms with Gasteiger partial charge in [-0.1, -0.05) is 0 Å². The minimum absolute atomic E-state index is 0.0291. The molecule has 37 heavy (non-hydrogen) atoms. The molecule has 0 spiro atoms. The first-order valence-corrected chi connectivity index (χ1v) is 13.0. The van der Waals surface area contributed by atoms with Crippen LogP contribution in [0.3, 0.4) is 0 Å². The molecule has 14 nitrogen and oxygen atoms in total. The van der Waals surface area contributed by atoms with Gasteiger partial charge in [0.1, 0.15) is 11.8 Å². The molecule has 4 N–H and O–H groups in total. The maximum atomic E-state index is 13.1. The van der Waals surface area contributed by atoms with E-state index in [4.69, 9.17) is 24.5 Å². The van der Waals surface area contributed by atoms with E-state index >= 15 is 0 Å². The van der Waals surface area contributed by atoms with Crippen LogP contribution >= 0.6 is 7.60 Å². The summed E-state index contributed by atoms with van der Waals surface area (Å²) in [5.41, 5.74) is 1.08. The molecule has 3 unspecified atom stereocenters. The lowest BCUT2D eigenvalue weighted by atomic mass is 9.97. The summed E-state index contributed by atoms with van der Waals surface area (Å²) in [7, 11) is -4.19. The van der Waals surface area contributed by atoms with Crippen molar-refractivity contribution in [1.29, 1.82) is 0 Å². The molecule has 208 valence electrons. The molecule has 0 fully saturated rings. The predicted molar refractivity (Wildman–Crippen MR) is 132 cm³/mol. The molecule has 0 radical (unpaired) electrons. The maximum absolute atomic E-state index is 13.1. The van der Waals surface area contributed by atoms with Crippen molar-refractivity contribution in [2.75, 3.05) is 19.5 Å². The van der Waals surface area contributed by atoms with Gasteiger partial charge >= 0.3 is 25.2 Å². The highest BCUT2D eigenvalue weighted by Crippen LogP contribution is 2.58. The molecule has 2 aromatic rings. The molecule has 0 aliphatic heterocycles. The quantitative estimate of drug-likeness (QED) is 0.223. The summed E-state index contributed by atoms with van der Waals surface area (Å²) in [5.74, 6) is -1.83. The van der Waals surface area contributed by atoms with E-state index in [2.05, 4.69) is 15.0 Å². The van der Waals surface area contributed by atoms with Gasteiger partial charge in [-0.15, -0.1) is 0 Å². The van der Waals surface area contributed by atoms with Crippen molar-refractivity contribution in [3.8, 4) is 0 Å². The van der Waals surface area contributed by atoms with Crippen molar-refractivity contribution in [3.05, 3.63) is 12.7 Å². The number of rotatable bonds is 10. The Morgan fingerprint density at radius 3 is 2.08 bits per heavy atom. The van der Waals surface area contributed by atoms with Crippen LogP contribution in [0.5, 0.6) is 0 Å². The third-order valence-corrected chi connectivity index (χ3v) is 6.76. The maximum Gasteiger partial charge on any atom is 0.483 e. The number of aromatic nitrogens is 4. The Labute approximate surface area is 215 Å². The number of imidazole rings is 1. The number of aliphatic hydroxyl groups excluding tert-OH is 1. The SMILES string of the molecule is COP(=O)(O)C(OCCC(C(C)O)n1cnc2c(N)ncnc21)(OC(=O)C(C)(C)C)OC(=O)C(C)(C)C. The number of carbonyl (C=O) groups excluding carboxylic acids is 2. The van der Waals surface area contributed by atoms with E-state index < -0.39 is 54.8 Å². The lowest BCUT2D eigenvalue weighted by Crippen LogP contribution is -2.47. The number of aliphatic hydroxyl groups is 1. The normalized spacial score (nSPS) is 16.2. The molecular weight excluding hydrogens is 509 g/mol. The number of ether oxygens (including phenoxy) is 3. The molecule has 0 saturated carbocycles. The van der Waals surface area contributed by atoms with Crippen molar-refractivity contribution in [2.24, 2.45) is 10.8 Å². The van der Waals surface area contributed by atoms with Crippen LogP contribution in [0.4, 0.5) is 5.82 Å². The molecule has 2 rings (SSSR count). The summed E-state index contributed by atoms with van der Waals surface area (Å²) in [5, 5.41) is 10.5. The summed E-state index contributed by atoms with van der Waals surface area (Å²) in [6.07, 6.45) is 1.64. The van der Waals surface area contributed by atoms with Gasteiger partial charge in [0.2, 0.25) is 0 Å². The zero-order valence-electron chi connectivity index (χ0n) is 22.3. The number of carbonyl (C=O) groups is 2. The monoisotopic (exact) mass is 545 g/mol. The minimum atomic E-state index is -5.08. The van der Waals surface area contributed by atoms with Gasteiger partial charge in [0.15, 0.2) is 11.5 Å². The van der Waals surface area contributed by atoms with Crippen LogP contribution in [-0.2, 0) is 32.9 Å². The topological polar surface area (TPSA) is 198 Å². The van der Waals surface area contributed by atoms with E-state index in [1.807, 2.05) is 0 Å². The molecular formula is C22H36N5O9P. The average Bonchev–Trinajstić information content (AvgIpc) is 3.19. The standard InChI is InChI=1S/C22H36N5O9P/c1-13(28)14(27-12-26-15-16(23)24-11-25-17(15)27)9-10-34-22(37(31,32)33-8,35-18(29)20(2,3)4)36-19(30)21(5,6)7/h11-14,28H,9-10H2,1-8H3,(H,31,32)(H2,23,24,25). The van der Waals surface area contributed by atoms with Gasteiger partial charge in [-0.25, -0.2) is 19.5 Å². The molecule has 2 aromatic heterocycles. The van der Waals surface area contributed by atoms with Gasteiger partial charge in [0.05, 0.1) is 35.9 Å². The highest BCUT2D eigenvalue weighted by atomic mass is 31.2. The molecule has 0 bridgehead atoms. The molecule has 15 heteroatoms. The van der Waals surface area contributed by atoms with Crippen LogP contribution in [0.25, 0.3) is 11.2 Å². The van der Waals surface area contributed by atoms with E-state index in [1.54, 1.807) is 4.57 Å². The molecule has 0 aliphatic rings. The molecule has 0 aromatic carbocycles. The van der Waals surface area contributed by atoms with Gasteiger partial charge in [0, 0.05) is 7.11 Å². The summed E-state index contributed by atoms with van der Waals surface area (Å²) < 4.78 is 35.6. The zero-order chi connectivity index (χ0) is 28.4. The highest BCUT2D eigenvalue weighted by Gasteiger charge is 2.61. The Bertz CT molecular complexity index is 1140. The number of hydrogen-bond donors (Lipinski definition) is 3. The Morgan fingerprint density at radius 1 is 1.08 bits per heavy atom. The highest BCUT2D eigenvalue weighted by molar-refractivity contribution is 7.54. The van der Waals surface area contributed by atoms with E-state index in [0.717, 1.165) is 7.11 Å². The van der Waals surface area contributed by atoms with Crippen molar-refractivity contribution in [3.63, 3.8) is 0 Å². The van der Waals surface area contributed by atoms with E-state index in [-0.39, 0.29) is 12.2 Å². The van der Waals surface area contributed by atoms with E-state index in [1.165, 1.54) is 61.1 Å². The van der Waals surface area contributed by atoms with Crippen molar-refractivity contribution < 1.29 is 42.9 Å². The third kappa shape index (κ3) is 6.82. The first-order chi connectivity index (χ1) is 16.9.